The molecule has 110 valence electrons. The Bertz CT molecular complexity index is 676. The average Bonchev–Trinajstić information content (AvgIpc) is 2.94. The molecule has 3 rings (SSSR count). The standard InChI is InChI=1S/C16H16BrNO3/c1-18(12-6-3-2-5-11(12)17)15(19)13-7-8-14(21-13)16(20)9-4-10-16/h2-3,5-8,20H,4,9-10H2,1H3. The summed E-state index contributed by atoms with van der Waals surface area (Å²) in [5.74, 6) is 0.484. The van der Waals surface area contributed by atoms with Crippen molar-refractivity contribution in [3.05, 3.63) is 52.4 Å². The van der Waals surface area contributed by atoms with Crippen LogP contribution in [0.2, 0.25) is 0 Å². The first-order valence-corrected chi connectivity index (χ1v) is 7.66. The number of amides is 1. The van der Waals surface area contributed by atoms with Gasteiger partial charge in [0.2, 0.25) is 0 Å². The van der Waals surface area contributed by atoms with Crippen LogP contribution >= 0.6 is 15.9 Å². The van der Waals surface area contributed by atoms with Gasteiger partial charge in [0.1, 0.15) is 11.4 Å². The van der Waals surface area contributed by atoms with Gasteiger partial charge in [-0.3, -0.25) is 4.79 Å². The molecule has 1 N–H and O–H groups in total. The van der Waals surface area contributed by atoms with Crippen LogP contribution in [-0.2, 0) is 5.60 Å². The van der Waals surface area contributed by atoms with Crippen LogP contribution in [0.15, 0.2) is 45.3 Å². The highest BCUT2D eigenvalue weighted by atomic mass is 79.9. The Morgan fingerprint density at radius 1 is 1.29 bits per heavy atom. The molecule has 1 fully saturated rings. The summed E-state index contributed by atoms with van der Waals surface area (Å²) in [5.41, 5.74) is -0.118. The second-order valence-electron chi connectivity index (χ2n) is 5.36. The highest BCUT2D eigenvalue weighted by Crippen LogP contribution is 2.41. The number of carbonyl (C=O) groups is 1. The smallest absolute Gasteiger partial charge is 0.293 e. The second kappa shape index (κ2) is 5.31. The van der Waals surface area contributed by atoms with Crippen molar-refractivity contribution in [2.75, 3.05) is 11.9 Å². The zero-order chi connectivity index (χ0) is 15.0. The fourth-order valence-corrected chi connectivity index (χ4v) is 3.01. The number of para-hydroxylation sites is 1. The molecule has 0 aliphatic heterocycles. The van der Waals surface area contributed by atoms with Gasteiger partial charge in [0, 0.05) is 11.5 Å². The number of nitrogens with zero attached hydrogens (tertiary/aromatic N) is 1. The van der Waals surface area contributed by atoms with Gasteiger partial charge in [-0.25, -0.2) is 0 Å². The molecule has 4 nitrogen and oxygen atoms in total. The number of furan rings is 1. The summed E-state index contributed by atoms with van der Waals surface area (Å²) < 4.78 is 6.42. The number of halogens is 1. The van der Waals surface area contributed by atoms with Crippen molar-refractivity contribution in [2.24, 2.45) is 0 Å². The van der Waals surface area contributed by atoms with Gasteiger partial charge in [-0.05, 0) is 59.5 Å². The summed E-state index contributed by atoms with van der Waals surface area (Å²) in [6.45, 7) is 0. The van der Waals surface area contributed by atoms with E-state index < -0.39 is 5.60 Å². The minimum absolute atomic E-state index is 0.239. The number of anilines is 1. The van der Waals surface area contributed by atoms with E-state index in [1.807, 2.05) is 24.3 Å². The molecule has 1 aliphatic rings. The number of hydrogen-bond acceptors (Lipinski definition) is 3. The number of hydrogen-bond donors (Lipinski definition) is 1. The van der Waals surface area contributed by atoms with Gasteiger partial charge in [0.05, 0.1) is 5.69 Å². The van der Waals surface area contributed by atoms with Crippen LogP contribution in [0, 0.1) is 0 Å². The van der Waals surface area contributed by atoms with Crippen molar-refractivity contribution in [3.8, 4) is 0 Å². The van der Waals surface area contributed by atoms with E-state index in [0.29, 0.717) is 18.6 Å². The van der Waals surface area contributed by atoms with E-state index in [4.69, 9.17) is 4.42 Å². The first kappa shape index (κ1) is 14.4. The molecule has 0 saturated heterocycles. The Balaban J connectivity index is 1.84. The van der Waals surface area contributed by atoms with E-state index in [9.17, 15) is 9.90 Å². The highest BCUT2D eigenvalue weighted by Gasteiger charge is 2.39. The maximum absolute atomic E-state index is 12.5. The van der Waals surface area contributed by atoms with Crippen LogP contribution < -0.4 is 4.90 Å². The maximum atomic E-state index is 12.5. The zero-order valence-corrected chi connectivity index (χ0v) is 13.3. The minimum Gasteiger partial charge on any atom is -0.453 e. The van der Waals surface area contributed by atoms with Gasteiger partial charge in [0.25, 0.3) is 5.91 Å². The molecule has 0 unspecified atom stereocenters. The lowest BCUT2D eigenvalue weighted by molar-refractivity contribution is -0.0569. The van der Waals surface area contributed by atoms with Crippen LogP contribution in [0.5, 0.6) is 0 Å². The molecule has 21 heavy (non-hydrogen) atoms. The highest BCUT2D eigenvalue weighted by molar-refractivity contribution is 9.10. The molecule has 1 aliphatic carbocycles. The van der Waals surface area contributed by atoms with Crippen LogP contribution in [0.4, 0.5) is 5.69 Å². The SMILES string of the molecule is CN(C(=O)c1ccc(C2(O)CCC2)o1)c1ccccc1Br. The van der Waals surface area contributed by atoms with Crippen molar-refractivity contribution in [1.29, 1.82) is 0 Å². The molecule has 0 spiro atoms. The summed E-state index contributed by atoms with van der Waals surface area (Å²) in [6.07, 6.45) is 2.36. The van der Waals surface area contributed by atoms with E-state index >= 15 is 0 Å². The molecule has 1 saturated carbocycles. The second-order valence-corrected chi connectivity index (χ2v) is 6.22. The third-order valence-corrected chi connectivity index (χ3v) is 4.65. The minimum atomic E-state index is -0.884. The van der Waals surface area contributed by atoms with E-state index in [1.54, 1.807) is 19.2 Å². The molecule has 1 amide bonds. The lowest BCUT2D eigenvalue weighted by Crippen LogP contribution is -2.33. The number of rotatable bonds is 3. The predicted molar refractivity (Wildman–Crippen MR) is 83.3 cm³/mol. The topological polar surface area (TPSA) is 53.7 Å². The monoisotopic (exact) mass is 349 g/mol. The predicted octanol–water partition coefficient (Wildman–Crippen LogP) is 3.69. The van der Waals surface area contributed by atoms with Crippen molar-refractivity contribution >= 4 is 27.5 Å². The first-order chi connectivity index (χ1) is 10.0. The lowest BCUT2D eigenvalue weighted by atomic mass is 9.78. The Labute approximate surface area is 131 Å². The van der Waals surface area contributed by atoms with E-state index in [2.05, 4.69) is 15.9 Å². The van der Waals surface area contributed by atoms with Gasteiger partial charge >= 0.3 is 0 Å². The van der Waals surface area contributed by atoms with Crippen LogP contribution in [0.1, 0.15) is 35.6 Å². The maximum Gasteiger partial charge on any atom is 0.293 e. The number of benzene rings is 1. The fraction of sp³-hybridized carbons (Fsp3) is 0.312. The molecule has 2 aromatic rings. The summed E-state index contributed by atoms with van der Waals surface area (Å²) in [4.78, 5) is 14.0. The quantitative estimate of drug-likeness (QED) is 0.919. The van der Waals surface area contributed by atoms with E-state index in [1.165, 1.54) is 4.90 Å². The number of aliphatic hydroxyl groups is 1. The molecule has 0 radical (unpaired) electrons. The Kier molecular flexibility index (Phi) is 3.63. The third-order valence-electron chi connectivity index (χ3n) is 3.97. The Hall–Kier alpha value is -1.59. The molecule has 1 aromatic carbocycles. The van der Waals surface area contributed by atoms with Crippen molar-refractivity contribution < 1.29 is 14.3 Å². The van der Waals surface area contributed by atoms with Gasteiger partial charge in [-0.2, -0.15) is 0 Å². The van der Waals surface area contributed by atoms with Crippen molar-refractivity contribution in [3.63, 3.8) is 0 Å². The normalized spacial score (nSPS) is 16.3. The number of carbonyl (C=O) groups excluding carboxylic acids is 1. The summed E-state index contributed by atoms with van der Waals surface area (Å²) in [7, 11) is 1.70. The van der Waals surface area contributed by atoms with Crippen molar-refractivity contribution in [2.45, 2.75) is 24.9 Å². The van der Waals surface area contributed by atoms with Crippen LogP contribution in [-0.4, -0.2) is 18.1 Å². The van der Waals surface area contributed by atoms with E-state index in [0.717, 1.165) is 16.6 Å². The summed E-state index contributed by atoms with van der Waals surface area (Å²) in [6, 6.07) is 10.8. The molecule has 0 bridgehead atoms. The Morgan fingerprint density at radius 3 is 2.62 bits per heavy atom. The van der Waals surface area contributed by atoms with Gasteiger partial charge in [0.15, 0.2) is 5.76 Å². The third kappa shape index (κ3) is 2.51. The fourth-order valence-electron chi connectivity index (χ4n) is 2.46. The zero-order valence-electron chi connectivity index (χ0n) is 11.7. The molecule has 1 heterocycles. The molecular formula is C16H16BrNO3. The summed E-state index contributed by atoms with van der Waals surface area (Å²) >= 11 is 3.43. The molecule has 5 heteroatoms. The van der Waals surface area contributed by atoms with Gasteiger partial charge in [-0.1, -0.05) is 12.1 Å². The van der Waals surface area contributed by atoms with Gasteiger partial charge in [-0.15, -0.1) is 0 Å². The first-order valence-electron chi connectivity index (χ1n) is 6.86. The molecule has 0 atom stereocenters. The average molecular weight is 350 g/mol. The van der Waals surface area contributed by atoms with Gasteiger partial charge < -0.3 is 14.4 Å². The van der Waals surface area contributed by atoms with Crippen molar-refractivity contribution in [1.82, 2.24) is 0 Å². The van der Waals surface area contributed by atoms with Crippen LogP contribution in [0.3, 0.4) is 0 Å². The molecular weight excluding hydrogens is 334 g/mol. The molecule has 1 aromatic heterocycles. The van der Waals surface area contributed by atoms with Crippen LogP contribution in [0.25, 0.3) is 0 Å². The Morgan fingerprint density at radius 2 is 2.00 bits per heavy atom. The largest absolute Gasteiger partial charge is 0.453 e. The lowest BCUT2D eigenvalue weighted by Gasteiger charge is -2.34. The van der Waals surface area contributed by atoms with E-state index in [-0.39, 0.29) is 11.7 Å². The summed E-state index contributed by atoms with van der Waals surface area (Å²) in [5, 5.41) is 10.3.